The molecule has 2 heterocycles. The standard InChI is InChI=1S/C19H21N3O2S/c1-3-14-6-8-15(9-7-14)19-20-17(24-21-19)10-11-18(23)22(2)13-16-5-4-12-25-16/h4-9,12H,3,10-11,13H2,1-2H3. The fourth-order valence-corrected chi connectivity index (χ4v) is 3.25. The fourth-order valence-electron chi connectivity index (χ4n) is 2.49. The molecular formula is C19H21N3O2S. The molecule has 0 aliphatic carbocycles. The number of aryl methyl sites for hydroxylation is 2. The van der Waals surface area contributed by atoms with Gasteiger partial charge in [-0.05, 0) is 23.4 Å². The van der Waals surface area contributed by atoms with Crippen molar-refractivity contribution in [2.45, 2.75) is 32.7 Å². The lowest BCUT2D eigenvalue weighted by Gasteiger charge is -2.15. The first kappa shape index (κ1) is 17.4. The highest BCUT2D eigenvalue weighted by molar-refractivity contribution is 7.09. The van der Waals surface area contributed by atoms with Crippen LogP contribution in [0.4, 0.5) is 0 Å². The third-order valence-corrected chi connectivity index (χ3v) is 4.90. The molecule has 0 saturated heterocycles. The van der Waals surface area contributed by atoms with E-state index in [-0.39, 0.29) is 5.91 Å². The van der Waals surface area contributed by atoms with Crippen LogP contribution in [0.1, 0.15) is 29.7 Å². The van der Waals surface area contributed by atoms with E-state index < -0.39 is 0 Å². The number of hydrogen-bond donors (Lipinski definition) is 0. The quantitative estimate of drug-likeness (QED) is 0.644. The van der Waals surface area contributed by atoms with Crippen LogP contribution < -0.4 is 0 Å². The number of carbonyl (C=O) groups is 1. The molecule has 0 saturated carbocycles. The summed E-state index contributed by atoms with van der Waals surface area (Å²) in [4.78, 5) is 19.5. The first-order valence-corrected chi connectivity index (χ1v) is 9.22. The van der Waals surface area contributed by atoms with Crippen molar-refractivity contribution in [2.24, 2.45) is 0 Å². The summed E-state index contributed by atoms with van der Waals surface area (Å²) in [6.45, 7) is 2.75. The van der Waals surface area contributed by atoms with Crippen LogP contribution >= 0.6 is 11.3 Å². The Hall–Kier alpha value is -2.47. The maximum absolute atomic E-state index is 12.2. The van der Waals surface area contributed by atoms with E-state index in [1.165, 1.54) is 10.4 Å². The number of rotatable bonds is 7. The van der Waals surface area contributed by atoms with Crippen LogP contribution in [0, 0.1) is 0 Å². The van der Waals surface area contributed by atoms with Gasteiger partial charge in [-0.2, -0.15) is 4.98 Å². The molecule has 0 atom stereocenters. The van der Waals surface area contributed by atoms with Crippen molar-refractivity contribution >= 4 is 17.2 Å². The number of nitrogens with zero attached hydrogens (tertiary/aromatic N) is 3. The summed E-state index contributed by atoms with van der Waals surface area (Å²) < 4.78 is 5.28. The van der Waals surface area contributed by atoms with E-state index in [0.717, 1.165) is 12.0 Å². The van der Waals surface area contributed by atoms with Crippen molar-refractivity contribution in [1.29, 1.82) is 0 Å². The van der Waals surface area contributed by atoms with Crippen LogP contribution in [0.5, 0.6) is 0 Å². The van der Waals surface area contributed by atoms with Gasteiger partial charge in [0.1, 0.15) is 0 Å². The van der Waals surface area contributed by atoms with Crippen LogP contribution in [0.2, 0.25) is 0 Å². The fraction of sp³-hybridized carbons (Fsp3) is 0.316. The molecule has 0 aliphatic heterocycles. The van der Waals surface area contributed by atoms with E-state index in [4.69, 9.17) is 4.52 Å². The Labute approximate surface area is 151 Å². The zero-order valence-corrected chi connectivity index (χ0v) is 15.3. The second kappa shape index (κ2) is 8.07. The number of hydrogen-bond acceptors (Lipinski definition) is 5. The lowest BCUT2D eigenvalue weighted by Crippen LogP contribution is -2.26. The van der Waals surface area contributed by atoms with Gasteiger partial charge in [0.25, 0.3) is 0 Å². The zero-order valence-electron chi connectivity index (χ0n) is 14.4. The Morgan fingerprint density at radius 3 is 2.72 bits per heavy atom. The summed E-state index contributed by atoms with van der Waals surface area (Å²) in [5.41, 5.74) is 2.19. The largest absolute Gasteiger partial charge is 0.341 e. The molecule has 1 amide bonds. The zero-order chi connectivity index (χ0) is 17.6. The Bertz CT molecular complexity index is 810. The monoisotopic (exact) mass is 355 g/mol. The van der Waals surface area contributed by atoms with Gasteiger partial charge in [-0.15, -0.1) is 11.3 Å². The van der Waals surface area contributed by atoms with Crippen molar-refractivity contribution in [3.63, 3.8) is 0 Å². The van der Waals surface area contributed by atoms with Gasteiger partial charge in [0.15, 0.2) is 0 Å². The van der Waals surface area contributed by atoms with E-state index in [9.17, 15) is 4.79 Å². The summed E-state index contributed by atoms with van der Waals surface area (Å²) in [5.74, 6) is 1.13. The molecule has 2 aromatic heterocycles. The molecule has 0 unspecified atom stereocenters. The predicted molar refractivity (Wildman–Crippen MR) is 98.2 cm³/mol. The molecule has 5 nitrogen and oxygen atoms in total. The summed E-state index contributed by atoms with van der Waals surface area (Å²) in [7, 11) is 1.82. The Kier molecular flexibility index (Phi) is 5.60. The van der Waals surface area contributed by atoms with Crippen molar-refractivity contribution in [2.75, 3.05) is 7.05 Å². The molecule has 25 heavy (non-hydrogen) atoms. The van der Waals surface area contributed by atoms with E-state index >= 15 is 0 Å². The topological polar surface area (TPSA) is 59.2 Å². The van der Waals surface area contributed by atoms with Gasteiger partial charge in [0.05, 0.1) is 6.54 Å². The first-order chi connectivity index (χ1) is 12.2. The van der Waals surface area contributed by atoms with Crippen molar-refractivity contribution in [1.82, 2.24) is 15.0 Å². The maximum atomic E-state index is 12.2. The van der Waals surface area contributed by atoms with E-state index in [0.29, 0.717) is 31.1 Å². The lowest BCUT2D eigenvalue weighted by atomic mass is 10.1. The highest BCUT2D eigenvalue weighted by Gasteiger charge is 2.14. The average Bonchev–Trinajstić information content (AvgIpc) is 3.31. The predicted octanol–water partition coefficient (Wildman–Crippen LogP) is 3.95. The van der Waals surface area contributed by atoms with Gasteiger partial charge >= 0.3 is 0 Å². The van der Waals surface area contributed by atoms with Crippen LogP contribution in [0.15, 0.2) is 46.3 Å². The Morgan fingerprint density at radius 2 is 2.04 bits per heavy atom. The van der Waals surface area contributed by atoms with E-state index in [1.54, 1.807) is 16.2 Å². The van der Waals surface area contributed by atoms with Gasteiger partial charge in [-0.1, -0.05) is 42.4 Å². The second-order valence-electron chi connectivity index (χ2n) is 5.89. The van der Waals surface area contributed by atoms with Crippen LogP contribution in [-0.4, -0.2) is 28.0 Å². The highest BCUT2D eigenvalue weighted by Crippen LogP contribution is 2.18. The van der Waals surface area contributed by atoms with Gasteiger partial charge in [-0.25, -0.2) is 0 Å². The van der Waals surface area contributed by atoms with Crippen LogP contribution in [0.3, 0.4) is 0 Å². The Morgan fingerprint density at radius 1 is 1.24 bits per heavy atom. The SMILES string of the molecule is CCc1ccc(-c2noc(CCC(=O)N(C)Cc3cccs3)n2)cc1. The molecule has 0 bridgehead atoms. The summed E-state index contributed by atoms with van der Waals surface area (Å²) in [6, 6.07) is 12.1. The normalized spacial score (nSPS) is 10.8. The first-order valence-electron chi connectivity index (χ1n) is 8.34. The van der Waals surface area contributed by atoms with Crippen molar-refractivity contribution < 1.29 is 9.32 Å². The molecule has 130 valence electrons. The number of carbonyl (C=O) groups excluding carboxylic acids is 1. The van der Waals surface area contributed by atoms with E-state index in [2.05, 4.69) is 29.2 Å². The maximum Gasteiger partial charge on any atom is 0.227 e. The molecule has 0 N–H and O–H groups in total. The molecular weight excluding hydrogens is 334 g/mol. The van der Waals surface area contributed by atoms with Crippen molar-refractivity contribution in [3.05, 3.63) is 58.1 Å². The minimum Gasteiger partial charge on any atom is -0.341 e. The van der Waals surface area contributed by atoms with Crippen LogP contribution in [-0.2, 0) is 24.2 Å². The second-order valence-corrected chi connectivity index (χ2v) is 6.92. The van der Waals surface area contributed by atoms with E-state index in [1.807, 2.05) is 36.7 Å². The smallest absolute Gasteiger partial charge is 0.227 e. The molecule has 3 rings (SSSR count). The minimum absolute atomic E-state index is 0.0699. The average molecular weight is 355 g/mol. The number of amides is 1. The third kappa shape index (κ3) is 4.54. The highest BCUT2D eigenvalue weighted by atomic mass is 32.1. The third-order valence-electron chi connectivity index (χ3n) is 4.04. The van der Waals surface area contributed by atoms with Gasteiger partial charge in [-0.3, -0.25) is 4.79 Å². The number of thiophene rings is 1. The summed E-state index contributed by atoms with van der Waals surface area (Å²) in [6.07, 6.45) is 1.81. The van der Waals surface area contributed by atoms with Crippen LogP contribution in [0.25, 0.3) is 11.4 Å². The molecule has 1 aromatic carbocycles. The molecule has 0 radical (unpaired) electrons. The minimum atomic E-state index is 0.0699. The molecule has 3 aromatic rings. The van der Waals surface area contributed by atoms with Gasteiger partial charge in [0.2, 0.25) is 17.6 Å². The molecule has 0 spiro atoms. The Balaban J connectivity index is 1.55. The lowest BCUT2D eigenvalue weighted by molar-refractivity contribution is -0.130. The van der Waals surface area contributed by atoms with Gasteiger partial charge < -0.3 is 9.42 Å². The van der Waals surface area contributed by atoms with Crippen molar-refractivity contribution in [3.8, 4) is 11.4 Å². The summed E-state index contributed by atoms with van der Waals surface area (Å²) in [5, 5.41) is 6.03. The molecule has 6 heteroatoms. The molecule has 0 fully saturated rings. The molecule has 0 aliphatic rings. The number of aromatic nitrogens is 2. The number of benzene rings is 1. The summed E-state index contributed by atoms with van der Waals surface area (Å²) >= 11 is 1.65. The van der Waals surface area contributed by atoms with Gasteiger partial charge in [0, 0.05) is 30.3 Å².